The molecule has 2 aromatic carbocycles. The molecule has 0 saturated carbocycles. The third kappa shape index (κ3) is 5.68. The fourth-order valence-electron chi connectivity index (χ4n) is 2.91. The molecule has 0 spiro atoms. The highest BCUT2D eigenvalue weighted by Gasteiger charge is 2.15. The van der Waals surface area contributed by atoms with Crippen LogP contribution in [0.5, 0.6) is 5.75 Å². The van der Waals surface area contributed by atoms with E-state index in [4.69, 9.17) is 0 Å². The number of phenols is 1. The van der Waals surface area contributed by atoms with Crippen molar-refractivity contribution in [1.82, 2.24) is 5.32 Å². The number of aromatic hydroxyl groups is 1. The molecule has 0 atom stereocenters. The fourth-order valence-corrected chi connectivity index (χ4v) is 3.47. The summed E-state index contributed by atoms with van der Waals surface area (Å²) in [7, 11) is 0. The number of nitrogens with one attached hydrogen (secondary N) is 2. The van der Waals surface area contributed by atoms with Gasteiger partial charge >= 0.3 is 0 Å². The highest BCUT2D eigenvalue weighted by Crippen LogP contribution is 2.28. The smallest absolute Gasteiger partial charge is 0.255 e. The second kappa shape index (κ2) is 9.89. The number of para-hydroxylation sites is 1. The minimum atomic E-state index is -0.256. The maximum Gasteiger partial charge on any atom is 0.255 e. The van der Waals surface area contributed by atoms with E-state index in [1.165, 1.54) is 0 Å². The number of nitrogens with zero attached hydrogens (tertiary/aromatic N) is 1. The van der Waals surface area contributed by atoms with Gasteiger partial charge in [-0.1, -0.05) is 38.1 Å². The zero-order valence-electron chi connectivity index (χ0n) is 16.6. The van der Waals surface area contributed by atoms with Crippen LogP contribution in [0.1, 0.15) is 41.3 Å². The van der Waals surface area contributed by atoms with Crippen molar-refractivity contribution in [2.75, 3.05) is 11.9 Å². The molecule has 0 fully saturated rings. The van der Waals surface area contributed by atoms with Crippen molar-refractivity contribution < 1.29 is 9.90 Å². The highest BCUT2D eigenvalue weighted by molar-refractivity contribution is 7.13. The largest absolute Gasteiger partial charge is 0.507 e. The Labute approximate surface area is 175 Å². The minimum absolute atomic E-state index is 0.0691. The average molecular weight is 408 g/mol. The third-order valence-corrected chi connectivity index (χ3v) is 5.29. The van der Waals surface area contributed by atoms with Gasteiger partial charge in [0.2, 0.25) is 0 Å². The van der Waals surface area contributed by atoms with E-state index in [1.54, 1.807) is 29.8 Å². The summed E-state index contributed by atoms with van der Waals surface area (Å²) in [6.45, 7) is 4.48. The van der Waals surface area contributed by atoms with E-state index >= 15 is 0 Å². The van der Waals surface area contributed by atoms with Gasteiger partial charge < -0.3 is 15.7 Å². The molecule has 150 valence electrons. The van der Waals surface area contributed by atoms with Gasteiger partial charge in [0.15, 0.2) is 0 Å². The molecule has 0 aliphatic heterocycles. The molecule has 0 aliphatic rings. The van der Waals surface area contributed by atoms with E-state index < -0.39 is 0 Å². The summed E-state index contributed by atoms with van der Waals surface area (Å²) in [6.07, 6.45) is 2.39. The predicted octanol–water partition coefficient (Wildman–Crippen LogP) is 5.32. The minimum Gasteiger partial charge on any atom is -0.507 e. The number of benzene rings is 2. The van der Waals surface area contributed by atoms with Gasteiger partial charge in [-0.25, -0.2) is 4.99 Å². The lowest BCUT2D eigenvalue weighted by Crippen LogP contribution is -2.26. The Morgan fingerprint density at radius 1 is 1.14 bits per heavy atom. The van der Waals surface area contributed by atoms with Crippen LogP contribution in [0.4, 0.5) is 10.7 Å². The van der Waals surface area contributed by atoms with E-state index in [9.17, 15) is 9.90 Å². The molecule has 3 N–H and O–H groups in total. The maximum absolute atomic E-state index is 12.4. The molecule has 29 heavy (non-hydrogen) atoms. The first-order valence-corrected chi connectivity index (χ1v) is 10.4. The molecule has 0 aliphatic carbocycles. The van der Waals surface area contributed by atoms with E-state index in [0.29, 0.717) is 18.5 Å². The van der Waals surface area contributed by atoms with Gasteiger partial charge in [-0.2, -0.15) is 0 Å². The topological polar surface area (TPSA) is 73.7 Å². The first-order valence-electron chi connectivity index (χ1n) is 9.56. The number of rotatable bonds is 8. The number of anilines is 1. The molecule has 0 saturated heterocycles. The molecule has 0 bridgehead atoms. The lowest BCUT2D eigenvalue weighted by Gasteiger charge is -2.12. The molecule has 1 heterocycles. The van der Waals surface area contributed by atoms with Crippen LogP contribution in [0.15, 0.2) is 65.0 Å². The van der Waals surface area contributed by atoms with Crippen molar-refractivity contribution in [2.45, 2.75) is 26.2 Å². The second-order valence-electron chi connectivity index (χ2n) is 6.95. The Bertz CT molecular complexity index is 964. The van der Waals surface area contributed by atoms with Gasteiger partial charge in [-0.3, -0.25) is 4.79 Å². The van der Waals surface area contributed by atoms with E-state index in [-0.39, 0.29) is 17.6 Å². The van der Waals surface area contributed by atoms with Crippen LogP contribution in [-0.4, -0.2) is 23.9 Å². The summed E-state index contributed by atoms with van der Waals surface area (Å²) in [6, 6.07) is 17.2. The molecule has 6 heteroatoms. The number of carbonyl (C=O) groups excluding carboxylic acids is 1. The summed E-state index contributed by atoms with van der Waals surface area (Å²) >= 11 is 1.59. The van der Waals surface area contributed by atoms with Crippen LogP contribution in [0.2, 0.25) is 0 Å². The number of hydrogen-bond acceptors (Lipinski definition) is 4. The van der Waals surface area contributed by atoms with Crippen LogP contribution >= 0.6 is 11.3 Å². The summed E-state index contributed by atoms with van der Waals surface area (Å²) in [5, 5.41) is 19.3. The predicted molar refractivity (Wildman–Crippen MR) is 121 cm³/mol. The number of hydrogen-bond donors (Lipinski definition) is 3. The lowest BCUT2D eigenvalue weighted by molar-refractivity contribution is 0.0951. The SMILES string of the molecule is CC(C)c1cccc(C(=O)NCCc2ccc(N/C=N/c3cccs3)cc2)c1O. The number of amides is 1. The van der Waals surface area contributed by atoms with Crippen molar-refractivity contribution in [1.29, 1.82) is 0 Å². The van der Waals surface area contributed by atoms with Crippen molar-refractivity contribution in [2.24, 2.45) is 4.99 Å². The highest BCUT2D eigenvalue weighted by atomic mass is 32.1. The van der Waals surface area contributed by atoms with E-state index in [0.717, 1.165) is 21.8 Å². The quantitative estimate of drug-likeness (QED) is 0.349. The van der Waals surface area contributed by atoms with Gasteiger partial charge in [-0.05, 0) is 59.2 Å². The van der Waals surface area contributed by atoms with E-state index in [1.807, 2.05) is 61.7 Å². The molecule has 3 rings (SSSR count). The molecule has 1 amide bonds. The van der Waals surface area contributed by atoms with Crippen LogP contribution in [-0.2, 0) is 6.42 Å². The summed E-state index contributed by atoms with van der Waals surface area (Å²) in [5.74, 6) is -0.0297. The molecule has 0 radical (unpaired) electrons. The molecule has 3 aromatic rings. The van der Waals surface area contributed by atoms with E-state index in [2.05, 4.69) is 15.6 Å². The second-order valence-corrected chi connectivity index (χ2v) is 7.88. The standard InChI is InChI=1S/C23H25N3O2S/c1-16(2)19-5-3-6-20(22(19)27)23(28)24-13-12-17-8-10-18(11-9-17)25-15-26-21-7-4-14-29-21/h3-11,14-16,27H,12-13H2,1-2H3,(H,24,28)(H,25,26). The third-order valence-electron chi connectivity index (χ3n) is 4.52. The van der Waals surface area contributed by atoms with Crippen LogP contribution < -0.4 is 10.6 Å². The zero-order valence-corrected chi connectivity index (χ0v) is 17.4. The average Bonchev–Trinajstić information content (AvgIpc) is 3.22. The molecular formula is C23H25N3O2S. The normalized spacial score (nSPS) is 11.1. The zero-order chi connectivity index (χ0) is 20.6. The van der Waals surface area contributed by atoms with Gasteiger partial charge in [0.1, 0.15) is 10.8 Å². The molecule has 1 aromatic heterocycles. The number of thiophene rings is 1. The number of phenolic OH excluding ortho intramolecular Hbond substituents is 1. The van der Waals surface area contributed by atoms with Crippen molar-refractivity contribution >= 4 is 34.3 Å². The van der Waals surface area contributed by atoms with Gasteiger partial charge in [0, 0.05) is 12.2 Å². The monoisotopic (exact) mass is 407 g/mol. The Kier molecular flexibility index (Phi) is 7.03. The Morgan fingerprint density at radius 2 is 1.93 bits per heavy atom. The molecular weight excluding hydrogens is 382 g/mol. The number of aliphatic imine (C=N–C) groups is 1. The summed E-state index contributed by atoms with van der Waals surface area (Å²) < 4.78 is 0. The maximum atomic E-state index is 12.4. The van der Waals surface area contributed by atoms with Crippen LogP contribution in [0.3, 0.4) is 0 Å². The number of carbonyl (C=O) groups is 1. The van der Waals surface area contributed by atoms with Gasteiger partial charge in [0.05, 0.1) is 11.9 Å². The first kappa shape index (κ1) is 20.6. The Balaban J connectivity index is 1.49. The van der Waals surface area contributed by atoms with Crippen molar-refractivity contribution in [3.05, 3.63) is 76.7 Å². The first-order chi connectivity index (χ1) is 14.0. The summed E-state index contributed by atoms with van der Waals surface area (Å²) in [4.78, 5) is 16.7. The lowest BCUT2D eigenvalue weighted by atomic mass is 9.99. The fraction of sp³-hybridized carbons (Fsp3) is 0.217. The molecule has 0 unspecified atom stereocenters. The Hall–Kier alpha value is -3.12. The van der Waals surface area contributed by atoms with Crippen LogP contribution in [0, 0.1) is 0 Å². The molecule has 5 nitrogen and oxygen atoms in total. The van der Waals surface area contributed by atoms with Gasteiger partial charge in [0.25, 0.3) is 5.91 Å². The Morgan fingerprint density at radius 3 is 2.62 bits per heavy atom. The van der Waals surface area contributed by atoms with Crippen molar-refractivity contribution in [3.8, 4) is 5.75 Å². The van der Waals surface area contributed by atoms with Gasteiger partial charge in [-0.15, -0.1) is 11.3 Å². The summed E-state index contributed by atoms with van der Waals surface area (Å²) in [5.41, 5.74) is 3.17. The van der Waals surface area contributed by atoms with Crippen molar-refractivity contribution in [3.63, 3.8) is 0 Å². The van der Waals surface area contributed by atoms with Crippen LogP contribution in [0.25, 0.3) is 0 Å².